The first-order chi connectivity index (χ1) is 7.65. The fourth-order valence-corrected chi connectivity index (χ4v) is 1.76. The Labute approximate surface area is 107 Å². The molecule has 0 fully saturated rings. The highest BCUT2D eigenvalue weighted by atomic mass is 79.9. The number of benzene rings is 1. The molecule has 3 N–H and O–H groups in total. The van der Waals surface area contributed by atoms with E-state index >= 15 is 0 Å². The summed E-state index contributed by atoms with van der Waals surface area (Å²) < 4.78 is 14.1. The van der Waals surface area contributed by atoms with E-state index in [1.54, 1.807) is 12.1 Å². The van der Waals surface area contributed by atoms with Gasteiger partial charge in [-0.25, -0.2) is 4.39 Å². The van der Waals surface area contributed by atoms with Gasteiger partial charge >= 0.3 is 0 Å². The first-order valence-corrected chi connectivity index (χ1v) is 5.90. The molecule has 0 saturated heterocycles. The maximum atomic E-state index is 13.4. The first kappa shape index (κ1) is 13.3. The van der Waals surface area contributed by atoms with E-state index in [4.69, 9.17) is 17.3 Å². The van der Waals surface area contributed by atoms with Crippen molar-refractivity contribution in [3.05, 3.63) is 34.1 Å². The van der Waals surface area contributed by atoms with E-state index in [-0.39, 0.29) is 12.4 Å². The van der Waals surface area contributed by atoms with Gasteiger partial charge < -0.3 is 15.7 Å². The molecule has 88 valence electrons. The van der Waals surface area contributed by atoms with E-state index in [1.807, 2.05) is 0 Å². The van der Waals surface area contributed by atoms with Gasteiger partial charge in [-0.2, -0.15) is 0 Å². The topological polar surface area (TPSA) is 44.3 Å². The van der Waals surface area contributed by atoms with Crippen LogP contribution in [-0.4, -0.2) is 23.4 Å². The van der Waals surface area contributed by atoms with Gasteiger partial charge in [-0.3, -0.25) is 0 Å². The molecule has 0 radical (unpaired) electrons. The molecule has 0 aromatic heterocycles. The summed E-state index contributed by atoms with van der Waals surface area (Å²) in [5.41, 5.74) is 0.524. The number of rotatable bonds is 4. The molecule has 0 amide bonds. The molecular formula is C10H12BrFN2OS. The molecule has 1 aromatic carbocycles. The quantitative estimate of drug-likeness (QED) is 0.739. The van der Waals surface area contributed by atoms with Crippen LogP contribution in [0.3, 0.4) is 0 Å². The van der Waals surface area contributed by atoms with Crippen LogP contribution in [0.2, 0.25) is 0 Å². The Balaban J connectivity index is 2.51. The van der Waals surface area contributed by atoms with E-state index < -0.39 is 0 Å². The number of hydrogen-bond donors (Lipinski definition) is 3. The SMILES string of the molecule is OCCNC(=S)NCc1c(F)cccc1Br. The van der Waals surface area contributed by atoms with Gasteiger partial charge in [-0.05, 0) is 24.4 Å². The van der Waals surface area contributed by atoms with Crippen molar-refractivity contribution in [3.8, 4) is 0 Å². The monoisotopic (exact) mass is 306 g/mol. The third kappa shape index (κ3) is 4.03. The Kier molecular flexibility index (Phi) is 5.65. The summed E-state index contributed by atoms with van der Waals surface area (Å²) in [7, 11) is 0. The van der Waals surface area contributed by atoms with E-state index in [1.165, 1.54) is 6.07 Å². The molecule has 3 nitrogen and oxygen atoms in total. The predicted molar refractivity (Wildman–Crippen MR) is 68.6 cm³/mol. The molecule has 0 atom stereocenters. The molecule has 0 heterocycles. The lowest BCUT2D eigenvalue weighted by molar-refractivity contribution is 0.300. The van der Waals surface area contributed by atoms with Crippen molar-refractivity contribution in [1.29, 1.82) is 0 Å². The second-order valence-corrected chi connectivity index (χ2v) is 4.30. The van der Waals surface area contributed by atoms with E-state index in [9.17, 15) is 4.39 Å². The van der Waals surface area contributed by atoms with Crippen molar-refractivity contribution in [2.45, 2.75) is 6.54 Å². The second-order valence-electron chi connectivity index (χ2n) is 3.03. The summed E-state index contributed by atoms with van der Waals surface area (Å²) in [5.74, 6) is -0.285. The van der Waals surface area contributed by atoms with Gasteiger partial charge in [-0.1, -0.05) is 22.0 Å². The van der Waals surface area contributed by atoms with Crippen LogP contribution in [0.5, 0.6) is 0 Å². The zero-order valence-electron chi connectivity index (χ0n) is 8.46. The second kappa shape index (κ2) is 6.78. The van der Waals surface area contributed by atoms with Crippen LogP contribution in [0.1, 0.15) is 5.56 Å². The normalized spacial score (nSPS) is 9.94. The Morgan fingerprint density at radius 1 is 1.44 bits per heavy atom. The number of nitrogens with one attached hydrogen (secondary N) is 2. The Bertz CT molecular complexity index is 356. The zero-order chi connectivity index (χ0) is 12.0. The largest absolute Gasteiger partial charge is 0.395 e. The third-order valence-electron chi connectivity index (χ3n) is 1.88. The van der Waals surface area contributed by atoms with E-state index in [0.29, 0.717) is 28.2 Å². The molecule has 0 saturated carbocycles. The summed E-state index contributed by atoms with van der Waals surface area (Å²) in [6, 6.07) is 4.79. The van der Waals surface area contributed by atoms with Gasteiger partial charge in [0.25, 0.3) is 0 Å². The summed E-state index contributed by atoms with van der Waals surface area (Å²) in [4.78, 5) is 0. The maximum absolute atomic E-state index is 13.4. The number of aliphatic hydroxyl groups is 1. The van der Waals surface area contributed by atoms with E-state index in [2.05, 4.69) is 26.6 Å². The van der Waals surface area contributed by atoms with Crippen LogP contribution in [0.4, 0.5) is 4.39 Å². The molecule has 1 aromatic rings. The van der Waals surface area contributed by atoms with Crippen molar-refractivity contribution in [2.75, 3.05) is 13.2 Å². The van der Waals surface area contributed by atoms with Gasteiger partial charge in [0.1, 0.15) is 5.82 Å². The molecule has 0 spiro atoms. The molecular weight excluding hydrogens is 295 g/mol. The van der Waals surface area contributed by atoms with Crippen molar-refractivity contribution in [3.63, 3.8) is 0 Å². The number of thiocarbonyl (C=S) groups is 1. The van der Waals surface area contributed by atoms with Crippen molar-refractivity contribution in [1.82, 2.24) is 10.6 Å². The predicted octanol–water partition coefficient (Wildman–Crippen LogP) is 1.54. The van der Waals surface area contributed by atoms with Crippen LogP contribution in [0, 0.1) is 5.82 Å². The van der Waals surface area contributed by atoms with Crippen LogP contribution in [0.15, 0.2) is 22.7 Å². The maximum Gasteiger partial charge on any atom is 0.166 e. The molecule has 0 unspecified atom stereocenters. The number of hydrogen-bond acceptors (Lipinski definition) is 2. The van der Waals surface area contributed by atoms with Crippen LogP contribution in [-0.2, 0) is 6.54 Å². The molecule has 0 aliphatic carbocycles. The van der Waals surface area contributed by atoms with Crippen molar-refractivity contribution < 1.29 is 9.50 Å². The van der Waals surface area contributed by atoms with Gasteiger partial charge in [0.15, 0.2) is 5.11 Å². The zero-order valence-corrected chi connectivity index (χ0v) is 10.9. The van der Waals surface area contributed by atoms with Crippen LogP contribution < -0.4 is 10.6 Å². The standard InChI is InChI=1S/C10H12BrFN2OS/c11-8-2-1-3-9(12)7(8)6-14-10(16)13-4-5-15/h1-3,15H,4-6H2,(H2,13,14,16). The molecule has 6 heteroatoms. The van der Waals surface area contributed by atoms with Gasteiger partial charge in [0.05, 0.1) is 6.61 Å². The highest BCUT2D eigenvalue weighted by molar-refractivity contribution is 9.10. The minimum Gasteiger partial charge on any atom is -0.395 e. The molecule has 0 aliphatic rings. The van der Waals surface area contributed by atoms with Crippen molar-refractivity contribution in [2.24, 2.45) is 0 Å². The average molecular weight is 307 g/mol. The molecule has 0 bridgehead atoms. The molecule has 1 rings (SSSR count). The lowest BCUT2D eigenvalue weighted by atomic mass is 10.2. The summed E-state index contributed by atoms with van der Waals surface area (Å²) in [6.45, 7) is 0.681. The number of halogens is 2. The summed E-state index contributed by atoms with van der Waals surface area (Å²) in [6.07, 6.45) is 0. The first-order valence-electron chi connectivity index (χ1n) is 4.70. The Hall–Kier alpha value is -0.720. The fourth-order valence-electron chi connectivity index (χ4n) is 1.10. The number of aliphatic hydroxyl groups excluding tert-OH is 1. The summed E-state index contributed by atoms with van der Waals surface area (Å²) in [5, 5.41) is 14.6. The van der Waals surface area contributed by atoms with E-state index in [0.717, 1.165) is 0 Å². The van der Waals surface area contributed by atoms with Crippen LogP contribution >= 0.6 is 28.1 Å². The van der Waals surface area contributed by atoms with Gasteiger partial charge in [0, 0.05) is 23.1 Å². The van der Waals surface area contributed by atoms with Crippen molar-refractivity contribution >= 4 is 33.3 Å². The molecule has 16 heavy (non-hydrogen) atoms. The Morgan fingerprint density at radius 3 is 2.81 bits per heavy atom. The highest BCUT2D eigenvalue weighted by Gasteiger charge is 2.06. The summed E-state index contributed by atoms with van der Waals surface area (Å²) >= 11 is 8.20. The fraction of sp³-hybridized carbons (Fsp3) is 0.300. The minimum absolute atomic E-state index is 0.00517. The lowest BCUT2D eigenvalue weighted by Crippen LogP contribution is -2.36. The minimum atomic E-state index is -0.285. The third-order valence-corrected chi connectivity index (χ3v) is 2.92. The van der Waals surface area contributed by atoms with Gasteiger partial charge in [-0.15, -0.1) is 0 Å². The van der Waals surface area contributed by atoms with Gasteiger partial charge in [0.2, 0.25) is 0 Å². The highest BCUT2D eigenvalue weighted by Crippen LogP contribution is 2.19. The molecule has 0 aliphatic heterocycles. The average Bonchev–Trinajstić information content (AvgIpc) is 2.25. The smallest absolute Gasteiger partial charge is 0.166 e. The van der Waals surface area contributed by atoms with Crippen LogP contribution in [0.25, 0.3) is 0 Å². The Morgan fingerprint density at radius 2 is 2.19 bits per heavy atom. The lowest BCUT2D eigenvalue weighted by Gasteiger charge is -2.11.